The first-order valence-electron chi connectivity index (χ1n) is 10.7. The van der Waals surface area contributed by atoms with Gasteiger partial charge >= 0.3 is 6.03 Å². The highest BCUT2D eigenvalue weighted by molar-refractivity contribution is 6.12. The van der Waals surface area contributed by atoms with E-state index in [1.54, 1.807) is 48.5 Å². The second-order valence-electron chi connectivity index (χ2n) is 8.38. The number of ether oxygens (including phenoxy) is 1. The van der Waals surface area contributed by atoms with Crippen molar-refractivity contribution in [2.75, 3.05) is 19.5 Å². The molecule has 0 saturated carbocycles. The molecule has 6 amide bonds. The molecule has 34 heavy (non-hydrogen) atoms. The number of nitrogens with zero attached hydrogens (tertiary/aromatic N) is 2. The van der Waals surface area contributed by atoms with Crippen molar-refractivity contribution < 1.29 is 28.7 Å². The molecule has 10 nitrogen and oxygen atoms in total. The number of carbonyl (C=O) groups excluding carboxylic acids is 5. The number of anilines is 1. The molecule has 2 N–H and O–H groups in total. The number of rotatable bonds is 4. The summed E-state index contributed by atoms with van der Waals surface area (Å²) in [4.78, 5) is 66.5. The minimum absolute atomic E-state index is 0.0233. The molecule has 0 spiro atoms. The van der Waals surface area contributed by atoms with Crippen molar-refractivity contribution in [3.8, 4) is 5.75 Å². The van der Waals surface area contributed by atoms with E-state index in [4.69, 9.17) is 4.74 Å². The minimum Gasteiger partial charge on any atom is -0.497 e. The van der Waals surface area contributed by atoms with E-state index < -0.39 is 41.2 Å². The number of piperidine rings is 1. The van der Waals surface area contributed by atoms with E-state index in [1.807, 2.05) is 0 Å². The summed E-state index contributed by atoms with van der Waals surface area (Å²) in [5.41, 5.74) is -0.368. The van der Waals surface area contributed by atoms with Crippen LogP contribution in [0.4, 0.5) is 10.5 Å². The molecule has 1 unspecified atom stereocenters. The molecule has 2 aliphatic rings. The van der Waals surface area contributed by atoms with E-state index >= 15 is 0 Å². The standard InChI is InChI=1S/C24H24N4O6/c1-24(12-11-18(29)26-22(24)32)28-19(16-9-4-5-10-17(16)20(28)30)21(31)27(2)23(33)25-14-7-6-8-15(13-14)34-3/h4-10,13,19H,11-12H2,1-3H3,(H,25,33)(H,26,29,32)/t19?,24-/m0/s1. The zero-order valence-electron chi connectivity index (χ0n) is 19.0. The van der Waals surface area contributed by atoms with Gasteiger partial charge in [0.15, 0.2) is 0 Å². The molecule has 4 rings (SSSR count). The van der Waals surface area contributed by atoms with Gasteiger partial charge in [-0.1, -0.05) is 24.3 Å². The summed E-state index contributed by atoms with van der Waals surface area (Å²) in [6, 6.07) is 11.2. The molecule has 2 heterocycles. The molecule has 0 aliphatic carbocycles. The Morgan fingerprint density at radius 3 is 2.59 bits per heavy atom. The minimum atomic E-state index is -1.45. The lowest BCUT2D eigenvalue weighted by Crippen LogP contribution is -2.63. The molecule has 2 aromatic rings. The number of nitrogens with one attached hydrogen (secondary N) is 2. The van der Waals surface area contributed by atoms with E-state index in [0.717, 1.165) is 4.90 Å². The van der Waals surface area contributed by atoms with Gasteiger partial charge in [0.2, 0.25) is 5.91 Å². The number of amides is 6. The predicted molar refractivity (Wildman–Crippen MR) is 121 cm³/mol. The van der Waals surface area contributed by atoms with Crippen molar-refractivity contribution in [2.24, 2.45) is 0 Å². The molecule has 1 saturated heterocycles. The van der Waals surface area contributed by atoms with Crippen LogP contribution in [0.1, 0.15) is 41.7 Å². The van der Waals surface area contributed by atoms with Gasteiger partial charge in [-0.2, -0.15) is 0 Å². The molecule has 0 aromatic heterocycles. The normalized spacial score (nSPS) is 21.6. The molecular weight excluding hydrogens is 440 g/mol. The van der Waals surface area contributed by atoms with Gasteiger partial charge < -0.3 is 15.0 Å². The Kier molecular flexibility index (Phi) is 5.82. The van der Waals surface area contributed by atoms with Crippen LogP contribution < -0.4 is 15.4 Å². The van der Waals surface area contributed by atoms with E-state index in [-0.39, 0.29) is 18.4 Å². The maximum Gasteiger partial charge on any atom is 0.328 e. The first-order valence-corrected chi connectivity index (χ1v) is 10.7. The Morgan fingerprint density at radius 1 is 1.15 bits per heavy atom. The van der Waals surface area contributed by atoms with Crippen LogP contribution in [0.15, 0.2) is 48.5 Å². The van der Waals surface area contributed by atoms with Crippen molar-refractivity contribution in [1.82, 2.24) is 15.1 Å². The Labute approximate surface area is 195 Å². The summed E-state index contributed by atoms with van der Waals surface area (Å²) >= 11 is 0. The summed E-state index contributed by atoms with van der Waals surface area (Å²) < 4.78 is 5.15. The van der Waals surface area contributed by atoms with Crippen LogP contribution in [0.2, 0.25) is 0 Å². The predicted octanol–water partition coefficient (Wildman–Crippen LogP) is 2.08. The second kappa shape index (κ2) is 8.62. The molecule has 2 atom stereocenters. The average Bonchev–Trinajstić information content (AvgIpc) is 3.14. The van der Waals surface area contributed by atoms with Crippen molar-refractivity contribution in [3.63, 3.8) is 0 Å². The molecule has 2 aromatic carbocycles. The molecule has 2 aliphatic heterocycles. The number of methoxy groups -OCH3 is 1. The van der Waals surface area contributed by atoms with Gasteiger partial charge in [0, 0.05) is 30.8 Å². The number of urea groups is 1. The molecule has 176 valence electrons. The van der Waals surface area contributed by atoms with Crippen LogP contribution in [-0.4, -0.2) is 59.2 Å². The van der Waals surface area contributed by atoms with Crippen molar-refractivity contribution in [2.45, 2.75) is 31.3 Å². The molecule has 0 bridgehead atoms. The number of hydrogen-bond acceptors (Lipinski definition) is 6. The van der Waals surface area contributed by atoms with Gasteiger partial charge in [-0.05, 0) is 37.1 Å². The smallest absolute Gasteiger partial charge is 0.328 e. The summed E-state index contributed by atoms with van der Waals surface area (Å²) in [6.45, 7) is 1.52. The lowest BCUT2D eigenvalue weighted by atomic mass is 9.87. The lowest BCUT2D eigenvalue weighted by molar-refractivity contribution is -0.145. The Morgan fingerprint density at radius 2 is 1.88 bits per heavy atom. The first kappa shape index (κ1) is 23.0. The number of likely N-dealkylation sites (N-methyl/N-ethyl adjacent to an activating group) is 1. The van der Waals surface area contributed by atoms with Crippen molar-refractivity contribution in [1.29, 1.82) is 0 Å². The zero-order valence-corrected chi connectivity index (χ0v) is 19.0. The first-order chi connectivity index (χ1) is 16.2. The SMILES string of the molecule is COc1cccc(NC(=O)N(C)C(=O)C2c3ccccc3C(=O)N2[C@@]2(C)CCC(=O)NC2=O)c1. The zero-order chi connectivity index (χ0) is 24.6. The maximum absolute atomic E-state index is 13.6. The fourth-order valence-corrected chi connectivity index (χ4v) is 4.28. The van der Waals surface area contributed by atoms with Crippen molar-refractivity contribution >= 4 is 35.3 Å². The van der Waals surface area contributed by atoms with E-state index in [2.05, 4.69) is 10.6 Å². The summed E-state index contributed by atoms with van der Waals surface area (Å²) in [5.74, 6) is -1.78. The summed E-state index contributed by atoms with van der Waals surface area (Å²) in [6.07, 6.45) is 0.0797. The molecular formula is C24H24N4O6. The van der Waals surface area contributed by atoms with Crippen LogP contribution in [0.25, 0.3) is 0 Å². The Balaban J connectivity index is 1.67. The number of benzene rings is 2. The third kappa shape index (κ3) is 3.76. The quantitative estimate of drug-likeness (QED) is 0.668. The topological polar surface area (TPSA) is 125 Å². The third-order valence-electron chi connectivity index (χ3n) is 6.27. The fourth-order valence-electron chi connectivity index (χ4n) is 4.28. The van der Waals surface area contributed by atoms with Crippen LogP contribution >= 0.6 is 0 Å². The van der Waals surface area contributed by atoms with Gasteiger partial charge in [-0.15, -0.1) is 0 Å². The van der Waals surface area contributed by atoms with Crippen molar-refractivity contribution in [3.05, 3.63) is 59.7 Å². The second-order valence-corrected chi connectivity index (χ2v) is 8.38. The highest BCUT2D eigenvalue weighted by Gasteiger charge is 2.55. The largest absolute Gasteiger partial charge is 0.497 e. The average molecular weight is 464 g/mol. The summed E-state index contributed by atoms with van der Waals surface area (Å²) in [5, 5.41) is 4.89. The fraction of sp³-hybridized carbons (Fsp3) is 0.292. The van der Waals surface area contributed by atoms with Gasteiger partial charge in [0.25, 0.3) is 17.7 Å². The third-order valence-corrected chi connectivity index (χ3v) is 6.27. The Hall–Kier alpha value is -4.21. The van der Waals surface area contributed by atoms with Gasteiger partial charge in [-0.25, -0.2) is 4.79 Å². The highest BCUT2D eigenvalue weighted by atomic mass is 16.5. The van der Waals surface area contributed by atoms with E-state index in [1.165, 1.54) is 26.0 Å². The maximum atomic E-state index is 13.6. The lowest BCUT2D eigenvalue weighted by Gasteiger charge is -2.42. The van der Waals surface area contributed by atoms with Crippen LogP contribution in [0, 0.1) is 0 Å². The Bertz CT molecular complexity index is 1210. The summed E-state index contributed by atoms with van der Waals surface area (Å²) in [7, 11) is 2.80. The molecule has 10 heteroatoms. The van der Waals surface area contributed by atoms with Gasteiger partial charge in [0.05, 0.1) is 7.11 Å². The monoisotopic (exact) mass is 464 g/mol. The number of fused-ring (bicyclic) bond motifs is 1. The van der Waals surface area contributed by atoms with E-state index in [0.29, 0.717) is 17.0 Å². The number of imide groups is 2. The van der Waals surface area contributed by atoms with Gasteiger partial charge in [-0.3, -0.25) is 29.4 Å². The van der Waals surface area contributed by atoms with E-state index in [9.17, 15) is 24.0 Å². The van der Waals surface area contributed by atoms with Crippen LogP contribution in [0.3, 0.4) is 0 Å². The van der Waals surface area contributed by atoms with Gasteiger partial charge in [0.1, 0.15) is 17.3 Å². The van der Waals surface area contributed by atoms with Crippen LogP contribution in [-0.2, 0) is 14.4 Å². The molecule has 0 radical (unpaired) electrons. The van der Waals surface area contributed by atoms with Crippen LogP contribution in [0.5, 0.6) is 5.75 Å². The number of hydrogen-bond donors (Lipinski definition) is 2. The molecule has 1 fully saturated rings. The highest BCUT2D eigenvalue weighted by Crippen LogP contribution is 2.42. The number of carbonyl (C=O) groups is 5.